The van der Waals surface area contributed by atoms with E-state index >= 15 is 0 Å². The van der Waals surface area contributed by atoms with Gasteiger partial charge in [-0.1, -0.05) is 53.7 Å². The summed E-state index contributed by atoms with van der Waals surface area (Å²) in [7, 11) is 0. The van der Waals surface area contributed by atoms with Gasteiger partial charge in [-0.05, 0) is 30.2 Å². The fourth-order valence-corrected chi connectivity index (χ4v) is 4.39. The monoisotopic (exact) mass is 366 g/mol. The van der Waals surface area contributed by atoms with Crippen molar-refractivity contribution in [1.29, 1.82) is 0 Å². The molecule has 0 aliphatic heterocycles. The van der Waals surface area contributed by atoms with Crippen LogP contribution in [0.15, 0.2) is 53.5 Å². The van der Waals surface area contributed by atoms with Gasteiger partial charge in [-0.3, -0.25) is 4.79 Å². The molecule has 0 saturated carbocycles. The predicted molar refractivity (Wildman–Crippen MR) is 107 cm³/mol. The van der Waals surface area contributed by atoms with Gasteiger partial charge in [0.1, 0.15) is 0 Å². The number of hydrogen-bond donors (Lipinski definition) is 0. The fourth-order valence-electron chi connectivity index (χ4n) is 2.48. The van der Waals surface area contributed by atoms with Crippen molar-refractivity contribution in [3.05, 3.63) is 64.5 Å². The van der Waals surface area contributed by atoms with Gasteiger partial charge in [0.25, 0.3) is 5.91 Å². The second-order valence-electron chi connectivity index (χ2n) is 5.63. The topological polar surface area (TPSA) is 34.4 Å². The van der Waals surface area contributed by atoms with Gasteiger partial charge in [0.15, 0.2) is 4.80 Å². The number of fused-ring (bicyclic) bond motifs is 1. The Labute approximate surface area is 155 Å². The Morgan fingerprint density at radius 3 is 2.84 bits per heavy atom. The van der Waals surface area contributed by atoms with Gasteiger partial charge in [0, 0.05) is 5.75 Å². The minimum absolute atomic E-state index is 0.130. The molecule has 1 amide bonds. The van der Waals surface area contributed by atoms with Crippen LogP contribution >= 0.6 is 23.1 Å². The third-order valence-corrected chi connectivity index (χ3v) is 5.67. The summed E-state index contributed by atoms with van der Waals surface area (Å²) >= 11 is 3.08. The smallest absolute Gasteiger partial charge is 0.258 e. The molecule has 0 unspecified atom stereocenters. The van der Waals surface area contributed by atoms with E-state index in [0.717, 1.165) is 16.0 Å². The number of terminal acetylenes is 1. The van der Waals surface area contributed by atoms with E-state index in [9.17, 15) is 4.79 Å². The highest BCUT2D eigenvalue weighted by Gasteiger charge is 2.08. The van der Waals surface area contributed by atoms with Crippen LogP contribution in [0.2, 0.25) is 0 Å². The van der Waals surface area contributed by atoms with Crippen LogP contribution in [0.25, 0.3) is 10.2 Å². The van der Waals surface area contributed by atoms with E-state index in [0.29, 0.717) is 17.1 Å². The Morgan fingerprint density at radius 2 is 2.08 bits per heavy atom. The number of carbonyl (C=O) groups is 1. The lowest BCUT2D eigenvalue weighted by molar-refractivity contribution is -0.115. The summed E-state index contributed by atoms with van der Waals surface area (Å²) in [5.41, 5.74) is 3.41. The van der Waals surface area contributed by atoms with Crippen LogP contribution in [0.1, 0.15) is 11.1 Å². The molecule has 1 heterocycles. The van der Waals surface area contributed by atoms with Crippen molar-refractivity contribution in [3.8, 4) is 12.3 Å². The molecule has 126 valence electrons. The number of thioether (sulfide) groups is 1. The summed E-state index contributed by atoms with van der Waals surface area (Å²) in [5, 5.41) is 0. The zero-order valence-corrected chi connectivity index (χ0v) is 15.6. The molecule has 3 nitrogen and oxygen atoms in total. The molecule has 5 heteroatoms. The average molecular weight is 367 g/mol. The quantitative estimate of drug-likeness (QED) is 0.640. The molecule has 3 rings (SSSR count). The number of benzene rings is 2. The Balaban J connectivity index is 1.78. The molecular weight excluding hydrogens is 348 g/mol. The van der Waals surface area contributed by atoms with Crippen molar-refractivity contribution in [2.24, 2.45) is 4.99 Å². The maximum absolute atomic E-state index is 12.3. The first-order valence-electron chi connectivity index (χ1n) is 7.90. The number of carbonyl (C=O) groups excluding carboxylic acids is 1. The van der Waals surface area contributed by atoms with Gasteiger partial charge >= 0.3 is 0 Å². The van der Waals surface area contributed by atoms with E-state index in [4.69, 9.17) is 6.42 Å². The summed E-state index contributed by atoms with van der Waals surface area (Å²) < 4.78 is 3.03. The van der Waals surface area contributed by atoms with E-state index in [2.05, 4.69) is 29.1 Å². The van der Waals surface area contributed by atoms with Crippen molar-refractivity contribution >= 4 is 39.2 Å². The normalized spacial score (nSPS) is 11.6. The van der Waals surface area contributed by atoms with Crippen LogP contribution in [0.5, 0.6) is 0 Å². The standard InChI is InChI=1S/C20H18N2OS2/c1-3-11-22-17-10-9-15(2)12-18(17)25-20(22)21-19(23)14-24-13-16-7-5-4-6-8-16/h1,4-10,12H,11,13-14H2,2H3. The van der Waals surface area contributed by atoms with Crippen LogP contribution in [0.3, 0.4) is 0 Å². The highest BCUT2D eigenvalue weighted by Crippen LogP contribution is 2.19. The Morgan fingerprint density at radius 1 is 1.28 bits per heavy atom. The first-order chi connectivity index (χ1) is 12.2. The van der Waals surface area contributed by atoms with E-state index in [1.54, 1.807) is 11.8 Å². The van der Waals surface area contributed by atoms with Crippen molar-refractivity contribution in [3.63, 3.8) is 0 Å². The lowest BCUT2D eigenvalue weighted by atomic mass is 10.2. The molecule has 1 aromatic heterocycles. The SMILES string of the molecule is C#CCn1c(=NC(=O)CSCc2ccccc2)sc2cc(C)ccc21. The van der Waals surface area contributed by atoms with Gasteiger partial charge in [0.2, 0.25) is 0 Å². The maximum Gasteiger partial charge on any atom is 0.258 e. The number of amides is 1. The third-order valence-electron chi connectivity index (χ3n) is 3.65. The number of hydrogen-bond acceptors (Lipinski definition) is 3. The molecule has 0 atom stereocenters. The zero-order valence-electron chi connectivity index (χ0n) is 13.9. The Hall–Kier alpha value is -2.29. The zero-order chi connectivity index (χ0) is 17.6. The molecule has 0 radical (unpaired) electrons. The molecule has 0 bridgehead atoms. The fraction of sp³-hybridized carbons (Fsp3) is 0.200. The summed E-state index contributed by atoms with van der Waals surface area (Å²) in [6.45, 7) is 2.46. The van der Waals surface area contributed by atoms with Crippen LogP contribution in [0.4, 0.5) is 0 Å². The van der Waals surface area contributed by atoms with Crippen molar-refractivity contribution in [2.45, 2.75) is 19.2 Å². The summed E-state index contributed by atoms with van der Waals surface area (Å²) in [4.78, 5) is 17.2. The molecule has 0 aliphatic rings. The van der Waals surface area contributed by atoms with Crippen LogP contribution in [0, 0.1) is 19.3 Å². The van der Waals surface area contributed by atoms with E-state index < -0.39 is 0 Å². The van der Waals surface area contributed by atoms with Crippen LogP contribution in [-0.4, -0.2) is 16.2 Å². The van der Waals surface area contributed by atoms with Gasteiger partial charge in [-0.15, -0.1) is 18.2 Å². The van der Waals surface area contributed by atoms with Gasteiger partial charge < -0.3 is 4.57 Å². The summed E-state index contributed by atoms with van der Waals surface area (Å²) in [5.74, 6) is 3.68. The number of aryl methyl sites for hydroxylation is 1. The average Bonchev–Trinajstić information content (AvgIpc) is 2.92. The third kappa shape index (κ3) is 4.41. The van der Waals surface area contributed by atoms with Crippen LogP contribution in [-0.2, 0) is 17.1 Å². The number of rotatable bonds is 5. The minimum atomic E-state index is -0.130. The van der Waals surface area contributed by atoms with Gasteiger partial charge in [0.05, 0.1) is 22.5 Å². The summed E-state index contributed by atoms with van der Waals surface area (Å²) in [6, 6.07) is 16.3. The van der Waals surface area contributed by atoms with Gasteiger partial charge in [-0.2, -0.15) is 4.99 Å². The molecule has 0 fully saturated rings. The second-order valence-corrected chi connectivity index (χ2v) is 7.62. The molecule has 0 spiro atoms. The lowest BCUT2D eigenvalue weighted by Gasteiger charge is -2.01. The molecule has 3 aromatic rings. The first-order valence-corrected chi connectivity index (χ1v) is 9.87. The van der Waals surface area contributed by atoms with E-state index in [1.165, 1.54) is 22.5 Å². The van der Waals surface area contributed by atoms with E-state index in [1.807, 2.05) is 41.8 Å². The number of nitrogens with zero attached hydrogens (tertiary/aromatic N) is 2. The maximum atomic E-state index is 12.3. The van der Waals surface area contributed by atoms with Crippen LogP contribution < -0.4 is 4.80 Å². The molecule has 2 aromatic carbocycles. The molecule has 0 aliphatic carbocycles. The second kappa shape index (κ2) is 8.19. The van der Waals surface area contributed by atoms with Gasteiger partial charge in [-0.25, -0.2) is 0 Å². The minimum Gasteiger partial charge on any atom is -0.305 e. The van der Waals surface area contributed by atoms with Crippen molar-refractivity contribution in [1.82, 2.24) is 4.57 Å². The molecule has 0 saturated heterocycles. The largest absolute Gasteiger partial charge is 0.305 e. The molecular formula is C20H18N2OS2. The number of aromatic nitrogens is 1. The van der Waals surface area contributed by atoms with E-state index in [-0.39, 0.29) is 5.91 Å². The highest BCUT2D eigenvalue weighted by molar-refractivity contribution is 7.99. The molecule has 25 heavy (non-hydrogen) atoms. The highest BCUT2D eigenvalue weighted by atomic mass is 32.2. The molecule has 0 N–H and O–H groups in total. The Kier molecular flexibility index (Phi) is 5.75. The lowest BCUT2D eigenvalue weighted by Crippen LogP contribution is -2.17. The van der Waals surface area contributed by atoms with Crippen molar-refractivity contribution < 1.29 is 4.79 Å². The predicted octanol–water partition coefficient (Wildman–Crippen LogP) is 4.01. The first kappa shape index (κ1) is 17.5. The number of thiazole rings is 1. The summed E-state index contributed by atoms with van der Waals surface area (Å²) in [6.07, 6.45) is 5.49. The van der Waals surface area contributed by atoms with Crippen molar-refractivity contribution in [2.75, 3.05) is 5.75 Å². The Bertz CT molecular complexity index is 994.